The monoisotopic (exact) mass is 297 g/mol. The second-order valence-electron chi connectivity index (χ2n) is 5.90. The summed E-state index contributed by atoms with van der Waals surface area (Å²) < 4.78 is 13.9. The Morgan fingerprint density at radius 2 is 2.05 bits per heavy atom. The summed E-state index contributed by atoms with van der Waals surface area (Å²) in [6.07, 6.45) is 8.37. The minimum atomic E-state index is -0.131. The fourth-order valence-corrected chi connectivity index (χ4v) is 3.40. The highest BCUT2D eigenvalue weighted by atomic mass is 35.5. The molecule has 1 aliphatic carbocycles. The molecule has 1 atom stereocenters. The van der Waals surface area contributed by atoms with E-state index in [-0.39, 0.29) is 5.82 Å². The van der Waals surface area contributed by atoms with E-state index >= 15 is 0 Å². The van der Waals surface area contributed by atoms with E-state index < -0.39 is 0 Å². The first-order chi connectivity index (χ1) is 9.70. The van der Waals surface area contributed by atoms with Crippen LogP contribution in [0.3, 0.4) is 0 Å². The number of hydrogen-bond acceptors (Lipinski definition) is 1. The van der Waals surface area contributed by atoms with Gasteiger partial charge in [-0.1, -0.05) is 37.8 Å². The number of nitrogens with one attached hydrogen (secondary N) is 1. The van der Waals surface area contributed by atoms with Crippen LogP contribution in [0.4, 0.5) is 4.39 Å². The Kier molecular flexibility index (Phi) is 6.31. The fourth-order valence-electron chi connectivity index (χ4n) is 3.21. The lowest BCUT2D eigenvalue weighted by Crippen LogP contribution is -2.39. The Hall–Kier alpha value is -0.600. The highest BCUT2D eigenvalue weighted by Gasteiger charge is 2.24. The van der Waals surface area contributed by atoms with Gasteiger partial charge in [-0.2, -0.15) is 0 Å². The average molecular weight is 298 g/mol. The van der Waals surface area contributed by atoms with E-state index in [9.17, 15) is 4.39 Å². The van der Waals surface area contributed by atoms with Gasteiger partial charge in [-0.25, -0.2) is 4.39 Å². The zero-order chi connectivity index (χ0) is 14.4. The van der Waals surface area contributed by atoms with E-state index in [2.05, 4.69) is 12.2 Å². The van der Waals surface area contributed by atoms with Crippen LogP contribution in [0.15, 0.2) is 18.2 Å². The third-order valence-corrected chi connectivity index (χ3v) is 4.56. The van der Waals surface area contributed by atoms with Crippen LogP contribution in [0.25, 0.3) is 0 Å². The molecule has 0 bridgehead atoms. The summed E-state index contributed by atoms with van der Waals surface area (Å²) in [4.78, 5) is 0. The molecule has 2 rings (SSSR count). The van der Waals surface area contributed by atoms with E-state index in [0.717, 1.165) is 24.9 Å². The zero-order valence-corrected chi connectivity index (χ0v) is 13.1. The van der Waals surface area contributed by atoms with Gasteiger partial charge in [-0.3, -0.25) is 0 Å². The van der Waals surface area contributed by atoms with Crippen molar-refractivity contribution in [1.82, 2.24) is 5.32 Å². The first kappa shape index (κ1) is 15.8. The lowest BCUT2D eigenvalue weighted by Gasteiger charge is -2.31. The van der Waals surface area contributed by atoms with Gasteiger partial charge in [0.2, 0.25) is 0 Å². The molecule has 0 radical (unpaired) electrons. The van der Waals surface area contributed by atoms with Crippen molar-refractivity contribution in [2.45, 2.75) is 57.9 Å². The summed E-state index contributed by atoms with van der Waals surface area (Å²) >= 11 is 6.00. The predicted octanol–water partition coefficient (Wildman–Crippen LogP) is 4.97. The first-order valence-electron chi connectivity index (χ1n) is 7.88. The van der Waals surface area contributed by atoms with Crippen molar-refractivity contribution in [3.8, 4) is 0 Å². The van der Waals surface area contributed by atoms with Crippen molar-refractivity contribution in [3.63, 3.8) is 0 Å². The minimum absolute atomic E-state index is 0.131. The average Bonchev–Trinajstić information content (AvgIpc) is 2.48. The van der Waals surface area contributed by atoms with Gasteiger partial charge in [-0.05, 0) is 61.9 Å². The van der Waals surface area contributed by atoms with Crippen molar-refractivity contribution in [1.29, 1.82) is 0 Å². The Balaban J connectivity index is 2.07. The predicted molar refractivity (Wildman–Crippen MR) is 83.8 cm³/mol. The van der Waals surface area contributed by atoms with Gasteiger partial charge < -0.3 is 5.32 Å². The second-order valence-corrected chi connectivity index (χ2v) is 6.33. The normalized spacial score (nSPS) is 18.1. The van der Waals surface area contributed by atoms with Gasteiger partial charge >= 0.3 is 0 Å². The second kappa shape index (κ2) is 7.99. The van der Waals surface area contributed by atoms with Gasteiger partial charge in [-0.15, -0.1) is 0 Å². The van der Waals surface area contributed by atoms with Gasteiger partial charge in [0, 0.05) is 11.1 Å². The third kappa shape index (κ3) is 4.46. The van der Waals surface area contributed by atoms with E-state index in [4.69, 9.17) is 11.6 Å². The summed E-state index contributed by atoms with van der Waals surface area (Å²) in [5.41, 5.74) is 0.747. The number of halogens is 2. The summed E-state index contributed by atoms with van der Waals surface area (Å²) in [6.45, 7) is 3.17. The molecule has 1 unspecified atom stereocenters. The molecule has 1 N–H and O–H groups in total. The van der Waals surface area contributed by atoms with Gasteiger partial charge in [0.05, 0.1) is 0 Å². The van der Waals surface area contributed by atoms with Crippen LogP contribution < -0.4 is 5.32 Å². The molecule has 1 aromatic carbocycles. The molecule has 0 aromatic heterocycles. The number of rotatable bonds is 6. The largest absolute Gasteiger partial charge is 0.313 e. The Morgan fingerprint density at radius 3 is 2.75 bits per heavy atom. The van der Waals surface area contributed by atoms with Crippen LogP contribution in [0, 0.1) is 11.7 Å². The van der Waals surface area contributed by atoms with E-state index in [1.807, 2.05) is 0 Å². The highest BCUT2D eigenvalue weighted by Crippen LogP contribution is 2.29. The van der Waals surface area contributed by atoms with Crippen molar-refractivity contribution in [2.24, 2.45) is 5.92 Å². The molecule has 3 heteroatoms. The maximum atomic E-state index is 13.9. The topological polar surface area (TPSA) is 12.0 Å². The summed E-state index contributed by atoms with van der Waals surface area (Å²) in [6, 6.07) is 5.26. The number of hydrogen-bond donors (Lipinski definition) is 1. The van der Waals surface area contributed by atoms with Crippen molar-refractivity contribution < 1.29 is 4.39 Å². The molecule has 1 aromatic rings. The molecular formula is C17H25ClFN. The van der Waals surface area contributed by atoms with Crippen LogP contribution in [0.5, 0.6) is 0 Å². The van der Waals surface area contributed by atoms with Crippen LogP contribution in [-0.4, -0.2) is 12.6 Å². The van der Waals surface area contributed by atoms with E-state index in [1.54, 1.807) is 12.1 Å². The smallest absolute Gasteiger partial charge is 0.126 e. The summed E-state index contributed by atoms with van der Waals surface area (Å²) in [7, 11) is 0. The molecule has 1 saturated carbocycles. The lowest BCUT2D eigenvalue weighted by molar-refractivity contribution is 0.266. The molecule has 0 saturated heterocycles. The Labute approximate surface area is 126 Å². The molecule has 0 amide bonds. The zero-order valence-electron chi connectivity index (χ0n) is 12.3. The van der Waals surface area contributed by atoms with Crippen LogP contribution >= 0.6 is 11.6 Å². The third-order valence-electron chi connectivity index (χ3n) is 4.32. The summed E-state index contributed by atoms with van der Waals surface area (Å²) in [5.74, 6) is 0.544. The molecule has 1 aliphatic rings. The summed E-state index contributed by atoms with van der Waals surface area (Å²) in [5, 5.41) is 4.25. The van der Waals surface area contributed by atoms with E-state index in [1.165, 1.54) is 38.2 Å². The molecule has 1 nitrogen and oxygen atoms in total. The Morgan fingerprint density at radius 1 is 1.30 bits per heavy atom. The maximum absolute atomic E-state index is 13.9. The molecule has 112 valence electrons. The fraction of sp³-hybridized carbons (Fsp3) is 0.647. The SMILES string of the molecule is CCCNC(Cc1cc(Cl)ccc1F)C1CCCCC1. The molecule has 1 fully saturated rings. The molecule has 0 aliphatic heterocycles. The maximum Gasteiger partial charge on any atom is 0.126 e. The van der Waals surface area contributed by atoms with Gasteiger partial charge in [0.1, 0.15) is 5.82 Å². The highest BCUT2D eigenvalue weighted by molar-refractivity contribution is 6.30. The van der Waals surface area contributed by atoms with E-state index in [0.29, 0.717) is 17.0 Å². The van der Waals surface area contributed by atoms with Gasteiger partial charge in [0.15, 0.2) is 0 Å². The Bertz CT molecular complexity index is 415. The van der Waals surface area contributed by atoms with Gasteiger partial charge in [0.25, 0.3) is 0 Å². The minimum Gasteiger partial charge on any atom is -0.313 e. The standard InChI is InChI=1S/C17H25ClFN/c1-2-10-20-17(13-6-4-3-5-7-13)12-14-11-15(18)8-9-16(14)19/h8-9,11,13,17,20H,2-7,10,12H2,1H3. The first-order valence-corrected chi connectivity index (χ1v) is 8.25. The molecule has 0 spiro atoms. The van der Waals surface area contributed by atoms with Crippen LogP contribution in [-0.2, 0) is 6.42 Å². The van der Waals surface area contributed by atoms with Crippen molar-refractivity contribution in [3.05, 3.63) is 34.6 Å². The number of benzene rings is 1. The molecular weight excluding hydrogens is 273 g/mol. The van der Waals surface area contributed by atoms with Crippen LogP contribution in [0.1, 0.15) is 51.0 Å². The van der Waals surface area contributed by atoms with Crippen molar-refractivity contribution in [2.75, 3.05) is 6.54 Å². The van der Waals surface area contributed by atoms with Crippen LogP contribution in [0.2, 0.25) is 5.02 Å². The lowest BCUT2D eigenvalue weighted by atomic mass is 9.81. The molecule has 0 heterocycles. The quantitative estimate of drug-likeness (QED) is 0.781. The molecule has 20 heavy (non-hydrogen) atoms. The van der Waals surface area contributed by atoms with Crippen molar-refractivity contribution >= 4 is 11.6 Å².